The molecule has 0 radical (unpaired) electrons. The zero-order chi connectivity index (χ0) is 40.5. The Morgan fingerprint density at radius 1 is 0.673 bits per heavy atom. The summed E-state index contributed by atoms with van der Waals surface area (Å²) in [6.45, 7) is 26.4. The number of primary amides is 3. The van der Waals surface area contributed by atoms with Gasteiger partial charge >= 0.3 is 11.8 Å². The summed E-state index contributed by atoms with van der Waals surface area (Å²) < 4.78 is 10.0. The summed E-state index contributed by atoms with van der Waals surface area (Å²) in [6, 6.07) is 0. The molecule has 0 aliphatic rings. The van der Waals surface area contributed by atoms with Crippen molar-refractivity contribution >= 4 is 17.7 Å². The molecule has 0 atom stereocenters. The smallest absolute Gasteiger partial charge is 0.306 e. The van der Waals surface area contributed by atoms with Crippen LogP contribution < -0.4 is 17.2 Å². The number of amides is 3. The van der Waals surface area contributed by atoms with E-state index >= 15 is 0 Å². The van der Waals surface area contributed by atoms with E-state index in [0.717, 1.165) is 5.56 Å². The van der Waals surface area contributed by atoms with Crippen molar-refractivity contribution in [3.63, 3.8) is 0 Å². The molecule has 0 unspecified atom stereocenters. The summed E-state index contributed by atoms with van der Waals surface area (Å²) in [4.78, 5) is 31.8. The number of aromatic nitrogens is 8. The first kappa shape index (κ1) is 45.1. The van der Waals surface area contributed by atoms with Gasteiger partial charge in [0.25, 0.3) is 5.91 Å². The second kappa shape index (κ2) is 17.5. The van der Waals surface area contributed by atoms with Gasteiger partial charge in [0.1, 0.15) is 0 Å². The van der Waals surface area contributed by atoms with Crippen molar-refractivity contribution in [1.82, 2.24) is 39.5 Å². The van der Waals surface area contributed by atoms with Crippen molar-refractivity contribution in [2.75, 3.05) is 0 Å². The molecule has 3 amide bonds. The Kier molecular flexibility index (Phi) is 15.2. The lowest BCUT2D eigenvalue weighted by atomic mass is 9.90. The van der Waals surface area contributed by atoms with Crippen LogP contribution in [0.5, 0.6) is 0 Å². The van der Waals surface area contributed by atoms with E-state index in [-0.39, 0.29) is 40.1 Å². The highest BCUT2D eigenvalue weighted by Gasteiger charge is 2.23. The number of aryl methyl sites for hydroxylation is 1. The van der Waals surface area contributed by atoms with Crippen LogP contribution in [-0.4, -0.2) is 73.3 Å². The molecule has 290 valence electrons. The third-order valence-electron chi connectivity index (χ3n) is 6.88. The van der Waals surface area contributed by atoms with E-state index in [4.69, 9.17) is 21.6 Å². The van der Waals surface area contributed by atoms with E-state index in [1.807, 2.05) is 60.1 Å². The average molecular weight is 730 g/mol. The molecule has 4 aromatic rings. The van der Waals surface area contributed by atoms with Gasteiger partial charge in [0, 0.05) is 37.0 Å². The molecule has 17 nitrogen and oxygen atoms in total. The Balaban J connectivity index is 0.000000348. The molecular weight excluding hydrogens is 670 g/mol. The molecule has 0 aliphatic carbocycles. The number of rotatable bonds is 7. The van der Waals surface area contributed by atoms with Crippen LogP contribution in [-0.2, 0) is 39.7 Å². The predicted octanol–water partition coefficient (Wildman–Crippen LogP) is 3.14. The van der Waals surface area contributed by atoms with Crippen LogP contribution >= 0.6 is 0 Å². The Bertz CT molecular complexity index is 1670. The van der Waals surface area contributed by atoms with Crippen molar-refractivity contribution in [2.45, 2.75) is 137 Å². The zero-order valence-corrected chi connectivity index (χ0v) is 32.9. The lowest BCUT2D eigenvalue weighted by molar-refractivity contribution is -0.156. The highest BCUT2D eigenvalue weighted by molar-refractivity contribution is 5.92. The van der Waals surface area contributed by atoms with E-state index in [9.17, 15) is 24.6 Å². The van der Waals surface area contributed by atoms with Crippen LogP contribution in [0, 0.1) is 0 Å². The molecule has 0 spiro atoms. The summed E-state index contributed by atoms with van der Waals surface area (Å²) in [6.07, 6.45) is 10.9. The number of hydrogen-bond donors (Lipinski definition) is 5. The van der Waals surface area contributed by atoms with E-state index in [1.54, 1.807) is 26.4 Å². The van der Waals surface area contributed by atoms with Gasteiger partial charge in [-0.1, -0.05) is 62.3 Å². The van der Waals surface area contributed by atoms with E-state index in [0.29, 0.717) is 24.4 Å². The van der Waals surface area contributed by atoms with Crippen LogP contribution in [0.2, 0.25) is 0 Å². The van der Waals surface area contributed by atoms with Crippen LogP contribution in [0.15, 0.2) is 41.6 Å². The SMILES string of the molecule is CC(C)(C)c1cnn(CCC(N)=O)c1.CC(C)(C)c1nnc(C(N)=O)o1.CC(C)(C)n1cc(C(N)=O)cn1.CC(O)(O)Cn1cc(C(C)(C)C)cn1. The van der Waals surface area contributed by atoms with Crippen LogP contribution in [0.3, 0.4) is 0 Å². The minimum atomic E-state index is -1.71. The van der Waals surface area contributed by atoms with Crippen molar-refractivity contribution in [2.24, 2.45) is 17.2 Å². The molecule has 0 saturated carbocycles. The lowest BCUT2D eigenvalue weighted by Gasteiger charge is -2.18. The third kappa shape index (κ3) is 16.4. The maximum atomic E-state index is 10.7. The Labute approximate surface area is 305 Å². The van der Waals surface area contributed by atoms with Gasteiger partial charge < -0.3 is 31.8 Å². The van der Waals surface area contributed by atoms with Gasteiger partial charge in [-0.3, -0.25) is 28.4 Å². The van der Waals surface area contributed by atoms with Gasteiger partial charge in [-0.2, -0.15) is 15.3 Å². The maximum absolute atomic E-state index is 10.7. The Morgan fingerprint density at radius 3 is 1.48 bits per heavy atom. The largest absolute Gasteiger partial charge is 0.416 e. The summed E-state index contributed by atoms with van der Waals surface area (Å²) in [5.41, 5.74) is 17.6. The molecule has 4 aromatic heterocycles. The van der Waals surface area contributed by atoms with Gasteiger partial charge in [-0.15, -0.1) is 10.2 Å². The Hall–Kier alpha value is -4.90. The molecular formula is C35H59N11O6. The number of carbonyl (C=O) groups is 3. The predicted molar refractivity (Wildman–Crippen MR) is 196 cm³/mol. The number of nitrogens with zero attached hydrogens (tertiary/aromatic N) is 8. The normalized spacial score (nSPS) is 12.1. The molecule has 4 rings (SSSR count). The highest BCUT2D eigenvalue weighted by atomic mass is 16.5. The fourth-order valence-electron chi connectivity index (χ4n) is 3.68. The molecule has 17 heteroatoms. The topological polar surface area (TPSA) is 262 Å². The lowest BCUT2D eigenvalue weighted by Crippen LogP contribution is -2.29. The fraction of sp³-hybridized carbons (Fsp3) is 0.600. The molecule has 4 heterocycles. The summed E-state index contributed by atoms with van der Waals surface area (Å²) >= 11 is 0. The van der Waals surface area contributed by atoms with E-state index in [2.05, 4.69) is 67.0 Å². The standard InChI is InChI=1S/C10H17N3O.C10H18N2O2.C8H13N3O.C7H11N3O2/c1-10(2,3)8-6-12-13(7-8)5-4-9(11)14;1-9(2,3)8-5-11-12(6-8)7-10(4,13)14;1-8(2,3)11-5-6(4-10-11)7(9)12;1-7(2,3)6-10-9-5(12-6)4(8)11/h6-7H,4-5H2,1-3H3,(H2,11,14);5-6,13-14H,7H2,1-4H3;4-5H,1-3H3,(H2,9,12);1-3H3,(H2,8,11). The summed E-state index contributed by atoms with van der Waals surface area (Å²) in [5.74, 6) is -2.86. The van der Waals surface area contributed by atoms with E-state index in [1.165, 1.54) is 18.7 Å². The fourth-order valence-corrected chi connectivity index (χ4v) is 3.68. The van der Waals surface area contributed by atoms with Gasteiger partial charge in [0.05, 0.1) is 36.2 Å². The molecule has 0 aliphatic heterocycles. The maximum Gasteiger partial charge on any atom is 0.306 e. The third-order valence-corrected chi connectivity index (χ3v) is 6.88. The quantitative estimate of drug-likeness (QED) is 0.173. The highest BCUT2D eigenvalue weighted by Crippen LogP contribution is 2.22. The van der Waals surface area contributed by atoms with Crippen LogP contribution in [0.1, 0.15) is 134 Å². The first-order valence-corrected chi connectivity index (χ1v) is 16.7. The molecule has 8 N–H and O–H groups in total. The van der Waals surface area contributed by atoms with Crippen molar-refractivity contribution < 1.29 is 29.0 Å². The number of aliphatic hydroxyl groups is 2. The molecule has 0 fully saturated rings. The van der Waals surface area contributed by atoms with Crippen LogP contribution in [0.4, 0.5) is 0 Å². The first-order chi connectivity index (χ1) is 23.4. The minimum Gasteiger partial charge on any atom is -0.416 e. The molecule has 52 heavy (non-hydrogen) atoms. The van der Waals surface area contributed by atoms with Crippen molar-refractivity contribution in [3.05, 3.63) is 65.7 Å². The Morgan fingerprint density at radius 2 is 1.17 bits per heavy atom. The van der Waals surface area contributed by atoms with Gasteiger partial charge in [0.15, 0.2) is 5.79 Å². The number of hydrogen-bond acceptors (Lipinski definition) is 11. The number of carbonyl (C=O) groups excluding carboxylic acids is 3. The van der Waals surface area contributed by atoms with Gasteiger partial charge in [-0.25, -0.2) is 0 Å². The zero-order valence-electron chi connectivity index (χ0n) is 32.9. The van der Waals surface area contributed by atoms with Crippen LogP contribution in [0.25, 0.3) is 0 Å². The molecule has 0 saturated heterocycles. The van der Waals surface area contributed by atoms with Crippen molar-refractivity contribution in [1.29, 1.82) is 0 Å². The molecule has 0 bridgehead atoms. The van der Waals surface area contributed by atoms with E-state index < -0.39 is 17.6 Å². The second-order valence-corrected chi connectivity index (χ2v) is 16.6. The van der Waals surface area contributed by atoms with Gasteiger partial charge in [0.2, 0.25) is 11.8 Å². The molecule has 0 aromatic carbocycles. The monoisotopic (exact) mass is 729 g/mol. The second-order valence-electron chi connectivity index (χ2n) is 16.6. The van der Waals surface area contributed by atoms with Gasteiger partial charge in [-0.05, 0) is 49.7 Å². The number of nitrogens with two attached hydrogens (primary N) is 3. The van der Waals surface area contributed by atoms with Crippen molar-refractivity contribution in [3.8, 4) is 0 Å². The summed E-state index contributed by atoms with van der Waals surface area (Å²) in [7, 11) is 0. The summed E-state index contributed by atoms with van der Waals surface area (Å²) in [5, 5.41) is 37.8. The first-order valence-electron chi connectivity index (χ1n) is 16.7. The average Bonchev–Trinajstić information content (AvgIpc) is 3.76. The minimum absolute atomic E-state index is 0.0412.